The average molecular weight is 208 g/mol. The number of hydrazone groups is 1. The Balaban J connectivity index is 2.48. The molecule has 0 saturated heterocycles. The second-order valence-corrected chi connectivity index (χ2v) is 2.71. The summed E-state index contributed by atoms with van der Waals surface area (Å²) in [7, 11) is 1.28. The smallest absolute Gasteiger partial charge is 0.427 e. The predicted molar refractivity (Wildman–Crippen MR) is 56.4 cm³/mol. The van der Waals surface area contributed by atoms with Crippen molar-refractivity contribution in [1.29, 1.82) is 0 Å². The van der Waals surface area contributed by atoms with Crippen molar-refractivity contribution in [3.05, 3.63) is 30.2 Å². The van der Waals surface area contributed by atoms with E-state index in [9.17, 15) is 4.79 Å². The van der Waals surface area contributed by atoms with Gasteiger partial charge in [-0.1, -0.05) is 0 Å². The quantitative estimate of drug-likeness (QED) is 0.610. The maximum Gasteiger partial charge on any atom is 0.427 e. The number of nitrogens with one attached hydrogen (secondary N) is 1. The molecule has 0 spiro atoms. The maximum atomic E-state index is 10.7. The lowest BCUT2D eigenvalue weighted by atomic mass is 10.3. The van der Waals surface area contributed by atoms with Crippen molar-refractivity contribution in [2.45, 2.75) is 6.92 Å². The van der Waals surface area contributed by atoms with E-state index in [1.165, 1.54) is 7.11 Å². The van der Waals surface area contributed by atoms with Gasteiger partial charge in [-0.2, -0.15) is 5.10 Å². The molecular weight excluding hydrogens is 196 g/mol. The van der Waals surface area contributed by atoms with Crippen LogP contribution >= 0.6 is 0 Å². The Morgan fingerprint density at radius 3 is 3.07 bits per heavy atom. The van der Waals surface area contributed by atoms with Crippen LogP contribution in [-0.2, 0) is 4.74 Å². The minimum Gasteiger partial charge on any atom is -0.465 e. The van der Waals surface area contributed by atoms with Crippen molar-refractivity contribution < 1.29 is 13.9 Å². The van der Waals surface area contributed by atoms with Gasteiger partial charge in [0, 0.05) is 0 Å². The van der Waals surface area contributed by atoms with Crippen LogP contribution in [-0.4, -0.2) is 18.9 Å². The van der Waals surface area contributed by atoms with Gasteiger partial charge in [-0.3, -0.25) is 0 Å². The van der Waals surface area contributed by atoms with E-state index in [4.69, 9.17) is 4.42 Å². The summed E-state index contributed by atoms with van der Waals surface area (Å²) >= 11 is 0. The first kappa shape index (κ1) is 11.0. The van der Waals surface area contributed by atoms with Crippen LogP contribution in [0.15, 0.2) is 34.0 Å². The van der Waals surface area contributed by atoms with Gasteiger partial charge in [0.1, 0.15) is 5.76 Å². The molecule has 0 aromatic carbocycles. The number of methoxy groups -OCH3 is 1. The normalized spacial score (nSPS) is 11.7. The van der Waals surface area contributed by atoms with Crippen LogP contribution in [0.25, 0.3) is 6.08 Å². The molecule has 0 bridgehead atoms. The van der Waals surface area contributed by atoms with Gasteiger partial charge in [0.25, 0.3) is 0 Å². The first-order valence-electron chi connectivity index (χ1n) is 4.32. The fourth-order valence-corrected chi connectivity index (χ4v) is 0.806. The summed E-state index contributed by atoms with van der Waals surface area (Å²) in [6, 6.07) is 3.61. The maximum absolute atomic E-state index is 10.7. The lowest BCUT2D eigenvalue weighted by molar-refractivity contribution is 0.171. The molecule has 0 radical (unpaired) electrons. The number of rotatable bonds is 3. The first-order valence-corrected chi connectivity index (χ1v) is 4.32. The highest BCUT2D eigenvalue weighted by Crippen LogP contribution is 2.02. The molecule has 0 fully saturated rings. The number of furan rings is 1. The largest absolute Gasteiger partial charge is 0.465 e. The highest BCUT2D eigenvalue weighted by molar-refractivity contribution is 5.96. The van der Waals surface area contributed by atoms with Crippen LogP contribution in [0.4, 0.5) is 4.79 Å². The van der Waals surface area contributed by atoms with E-state index >= 15 is 0 Å². The third-order valence-electron chi connectivity index (χ3n) is 1.54. The van der Waals surface area contributed by atoms with Gasteiger partial charge < -0.3 is 9.15 Å². The van der Waals surface area contributed by atoms with E-state index < -0.39 is 6.09 Å². The SMILES string of the molecule is COC(=O)N/N=C(C)\C=C\c1ccco1. The standard InChI is InChI=1S/C10H12N2O3/c1-8(11-12-10(13)14-2)5-6-9-4-3-7-15-9/h3-7H,1-2H3,(H,12,13)/b6-5+,11-8-. The molecule has 1 heterocycles. The van der Waals surface area contributed by atoms with E-state index in [0.717, 1.165) is 5.76 Å². The Kier molecular flexibility index (Phi) is 4.15. The van der Waals surface area contributed by atoms with E-state index in [2.05, 4.69) is 15.3 Å². The van der Waals surface area contributed by atoms with Gasteiger partial charge in [-0.05, 0) is 31.2 Å². The second-order valence-electron chi connectivity index (χ2n) is 2.71. The summed E-state index contributed by atoms with van der Waals surface area (Å²) in [6.07, 6.45) is 4.45. The molecular formula is C10H12N2O3. The number of ether oxygens (including phenoxy) is 1. The highest BCUT2D eigenvalue weighted by atomic mass is 16.5. The fraction of sp³-hybridized carbons (Fsp3) is 0.200. The Hall–Kier alpha value is -2.04. The minimum absolute atomic E-state index is 0.597. The number of hydrogen-bond acceptors (Lipinski definition) is 4. The zero-order valence-electron chi connectivity index (χ0n) is 8.56. The number of amides is 1. The van der Waals surface area contributed by atoms with Crippen molar-refractivity contribution in [3.63, 3.8) is 0 Å². The fourth-order valence-electron chi connectivity index (χ4n) is 0.806. The summed E-state index contributed by atoms with van der Waals surface area (Å²) < 4.78 is 9.43. The van der Waals surface area contributed by atoms with Gasteiger partial charge in [-0.15, -0.1) is 0 Å². The van der Waals surface area contributed by atoms with Gasteiger partial charge >= 0.3 is 6.09 Å². The molecule has 0 saturated carbocycles. The Labute approximate surface area is 87.4 Å². The summed E-state index contributed by atoms with van der Waals surface area (Å²) in [6.45, 7) is 1.75. The van der Waals surface area contributed by atoms with Crippen LogP contribution in [0.3, 0.4) is 0 Å². The molecule has 0 aliphatic heterocycles. The van der Waals surface area contributed by atoms with Crippen LogP contribution < -0.4 is 5.43 Å². The average Bonchev–Trinajstić information content (AvgIpc) is 2.75. The third-order valence-corrected chi connectivity index (χ3v) is 1.54. The van der Waals surface area contributed by atoms with Crippen molar-refractivity contribution in [2.24, 2.45) is 5.10 Å². The molecule has 0 atom stereocenters. The van der Waals surface area contributed by atoms with Crippen molar-refractivity contribution in [2.75, 3.05) is 7.11 Å². The van der Waals surface area contributed by atoms with Gasteiger partial charge in [-0.25, -0.2) is 10.2 Å². The zero-order valence-corrected chi connectivity index (χ0v) is 8.56. The summed E-state index contributed by atoms with van der Waals surface area (Å²) in [5, 5.41) is 3.76. The molecule has 80 valence electrons. The molecule has 1 rings (SSSR count). The van der Waals surface area contributed by atoms with Gasteiger partial charge in [0.2, 0.25) is 0 Å². The van der Waals surface area contributed by atoms with Crippen LogP contribution in [0.5, 0.6) is 0 Å². The topological polar surface area (TPSA) is 63.8 Å². The molecule has 1 aromatic rings. The van der Waals surface area contributed by atoms with Crippen LogP contribution in [0, 0.1) is 0 Å². The Morgan fingerprint density at radius 2 is 2.47 bits per heavy atom. The Bertz CT molecular complexity index is 366. The third kappa shape index (κ3) is 4.12. The monoisotopic (exact) mass is 208 g/mol. The summed E-state index contributed by atoms with van der Waals surface area (Å²) in [5.74, 6) is 0.725. The van der Waals surface area contributed by atoms with Crippen molar-refractivity contribution in [1.82, 2.24) is 5.43 Å². The van der Waals surface area contributed by atoms with Crippen molar-refractivity contribution >= 4 is 17.9 Å². The predicted octanol–water partition coefficient (Wildman–Crippen LogP) is 2.02. The summed E-state index contributed by atoms with van der Waals surface area (Å²) in [4.78, 5) is 10.7. The van der Waals surface area contributed by atoms with Crippen molar-refractivity contribution in [3.8, 4) is 0 Å². The number of carbonyl (C=O) groups is 1. The second kappa shape index (κ2) is 5.64. The minimum atomic E-state index is -0.597. The summed E-state index contributed by atoms with van der Waals surface area (Å²) in [5.41, 5.74) is 2.84. The molecule has 0 aliphatic rings. The van der Waals surface area contributed by atoms with Crippen LogP contribution in [0.1, 0.15) is 12.7 Å². The number of nitrogens with zero attached hydrogens (tertiary/aromatic N) is 1. The van der Waals surface area contributed by atoms with E-state index in [-0.39, 0.29) is 0 Å². The first-order chi connectivity index (χ1) is 7.22. The number of allylic oxidation sites excluding steroid dienone is 1. The molecule has 0 aliphatic carbocycles. The van der Waals surface area contributed by atoms with Gasteiger partial charge in [0.15, 0.2) is 0 Å². The Morgan fingerprint density at radius 1 is 1.67 bits per heavy atom. The molecule has 1 aromatic heterocycles. The lowest BCUT2D eigenvalue weighted by Gasteiger charge is -1.96. The number of carbonyl (C=O) groups excluding carboxylic acids is 1. The molecule has 5 nitrogen and oxygen atoms in total. The molecule has 0 unspecified atom stereocenters. The molecule has 1 N–H and O–H groups in total. The van der Waals surface area contributed by atoms with Gasteiger partial charge in [0.05, 0.1) is 19.1 Å². The van der Waals surface area contributed by atoms with E-state index in [1.807, 2.05) is 6.07 Å². The van der Waals surface area contributed by atoms with E-state index in [1.54, 1.807) is 31.4 Å². The molecule has 1 amide bonds. The highest BCUT2D eigenvalue weighted by Gasteiger charge is 1.94. The zero-order chi connectivity index (χ0) is 11.1. The number of hydrogen-bond donors (Lipinski definition) is 1. The molecule has 15 heavy (non-hydrogen) atoms. The molecule has 5 heteroatoms. The van der Waals surface area contributed by atoms with E-state index in [0.29, 0.717) is 5.71 Å². The lowest BCUT2D eigenvalue weighted by Crippen LogP contribution is -2.17. The van der Waals surface area contributed by atoms with Crippen LogP contribution in [0.2, 0.25) is 0 Å².